The number of hydrogen-bond donors (Lipinski definition) is 0. The quantitative estimate of drug-likeness (QED) is 0.211. The standard InChI is InChI=1S/C28H44O5Si/c1-11-32-26(30)28-21(25(28)27(8,9)16-23(28)29)15-20-13-12-14-22(24(20)31-10)33-34(17(2)3,18(4)5)19(6)7/h12-14,17-19,21,25H,11,15-16H2,1-10H3/t21-,25+,28+/m0/s1. The highest BCUT2D eigenvalue weighted by molar-refractivity contribution is 6.78. The van der Waals surface area contributed by atoms with Crippen LogP contribution in [-0.2, 0) is 20.7 Å². The van der Waals surface area contributed by atoms with E-state index in [0.717, 1.165) is 17.1 Å². The number of methoxy groups -OCH3 is 1. The van der Waals surface area contributed by atoms with E-state index in [1.165, 1.54) is 0 Å². The number of para-hydroxylation sites is 1. The van der Waals surface area contributed by atoms with Crippen LogP contribution in [0.15, 0.2) is 18.2 Å². The Morgan fingerprint density at radius 3 is 2.18 bits per heavy atom. The smallest absolute Gasteiger partial charge is 0.320 e. The lowest BCUT2D eigenvalue weighted by molar-refractivity contribution is -0.153. The number of Topliss-reactive ketones (excluding diaryl/α,β-unsaturated/α-hetero) is 1. The Balaban J connectivity index is 2.00. The van der Waals surface area contributed by atoms with Gasteiger partial charge in [0, 0.05) is 6.42 Å². The first-order chi connectivity index (χ1) is 15.8. The van der Waals surface area contributed by atoms with Gasteiger partial charge < -0.3 is 13.9 Å². The summed E-state index contributed by atoms with van der Waals surface area (Å²) in [6.07, 6.45) is 1.02. The Hall–Kier alpha value is -1.82. The van der Waals surface area contributed by atoms with E-state index in [0.29, 0.717) is 29.5 Å². The number of hydrogen-bond acceptors (Lipinski definition) is 5. The van der Waals surface area contributed by atoms with Gasteiger partial charge in [-0.05, 0) is 58.8 Å². The van der Waals surface area contributed by atoms with E-state index < -0.39 is 13.7 Å². The minimum absolute atomic E-state index is 0.00344. The van der Waals surface area contributed by atoms with E-state index >= 15 is 0 Å². The molecule has 0 bridgehead atoms. The number of ether oxygens (including phenoxy) is 2. The molecule has 3 rings (SSSR count). The summed E-state index contributed by atoms with van der Waals surface area (Å²) in [5, 5.41) is 0. The molecule has 5 nitrogen and oxygen atoms in total. The fourth-order valence-electron chi connectivity index (χ4n) is 7.41. The molecular formula is C28H44O5Si. The maximum absolute atomic E-state index is 13.2. The van der Waals surface area contributed by atoms with Gasteiger partial charge in [-0.15, -0.1) is 0 Å². The first kappa shape index (κ1) is 26.8. The average molecular weight is 489 g/mol. The van der Waals surface area contributed by atoms with Gasteiger partial charge in [0.05, 0.1) is 13.7 Å². The van der Waals surface area contributed by atoms with Crippen LogP contribution in [0.1, 0.15) is 74.3 Å². The van der Waals surface area contributed by atoms with Gasteiger partial charge in [0.25, 0.3) is 8.32 Å². The maximum Gasteiger partial charge on any atom is 0.320 e. The third-order valence-electron chi connectivity index (χ3n) is 8.60. The van der Waals surface area contributed by atoms with Crippen molar-refractivity contribution >= 4 is 20.1 Å². The maximum atomic E-state index is 13.2. The number of carbonyl (C=O) groups excluding carboxylic acids is 2. The molecule has 2 aliphatic rings. The zero-order valence-corrected chi connectivity index (χ0v) is 23.8. The molecule has 0 aromatic heterocycles. The Kier molecular flexibility index (Phi) is 7.34. The summed E-state index contributed by atoms with van der Waals surface area (Å²) in [6, 6.07) is 6.05. The van der Waals surface area contributed by atoms with Gasteiger partial charge in [-0.25, -0.2) is 0 Å². The molecular weight excluding hydrogens is 444 g/mol. The van der Waals surface area contributed by atoms with Crippen molar-refractivity contribution in [1.82, 2.24) is 0 Å². The normalized spacial score (nSPS) is 25.6. The molecule has 0 aliphatic heterocycles. The van der Waals surface area contributed by atoms with Gasteiger partial charge in [-0.1, -0.05) is 67.5 Å². The summed E-state index contributed by atoms with van der Waals surface area (Å²) in [7, 11) is -0.492. The lowest BCUT2D eigenvalue weighted by Crippen LogP contribution is -2.50. The fraction of sp³-hybridized carbons (Fsp3) is 0.714. The molecule has 2 aliphatic carbocycles. The minimum Gasteiger partial charge on any atom is -0.540 e. The SMILES string of the molecule is CCOC(=O)[C@]12C(=O)CC(C)(C)[C@H]1[C@@H]2Cc1cccc(O[Si](C(C)C)(C(C)C)C(C)C)c1OC. The molecule has 2 saturated carbocycles. The molecule has 0 radical (unpaired) electrons. The van der Waals surface area contributed by atoms with Crippen molar-refractivity contribution in [2.75, 3.05) is 13.7 Å². The van der Waals surface area contributed by atoms with Gasteiger partial charge in [-0.3, -0.25) is 9.59 Å². The topological polar surface area (TPSA) is 61.8 Å². The van der Waals surface area contributed by atoms with Crippen LogP contribution in [0.4, 0.5) is 0 Å². The Labute approximate surface area is 207 Å². The summed E-state index contributed by atoms with van der Waals surface area (Å²) in [4.78, 5) is 26.2. The summed E-state index contributed by atoms with van der Waals surface area (Å²) >= 11 is 0. The molecule has 1 aromatic carbocycles. The van der Waals surface area contributed by atoms with Gasteiger partial charge in [0.15, 0.2) is 11.5 Å². The Bertz CT molecular complexity index is 913. The van der Waals surface area contributed by atoms with Crippen LogP contribution in [0.5, 0.6) is 11.5 Å². The van der Waals surface area contributed by atoms with E-state index in [-0.39, 0.29) is 35.6 Å². The Morgan fingerprint density at radius 2 is 1.68 bits per heavy atom. The second-order valence-corrected chi connectivity index (χ2v) is 17.2. The van der Waals surface area contributed by atoms with Gasteiger partial charge in [-0.2, -0.15) is 0 Å². The third kappa shape index (κ3) is 3.90. The van der Waals surface area contributed by atoms with E-state index in [4.69, 9.17) is 13.9 Å². The highest BCUT2D eigenvalue weighted by Gasteiger charge is 2.81. The number of carbonyl (C=O) groups is 2. The average Bonchev–Trinajstić information content (AvgIpc) is 3.35. The van der Waals surface area contributed by atoms with E-state index in [9.17, 15) is 9.59 Å². The number of esters is 1. The largest absolute Gasteiger partial charge is 0.540 e. The van der Waals surface area contributed by atoms with Crippen molar-refractivity contribution in [3.8, 4) is 11.5 Å². The van der Waals surface area contributed by atoms with Crippen molar-refractivity contribution in [2.45, 2.75) is 91.8 Å². The van der Waals surface area contributed by atoms with E-state index in [2.05, 4.69) is 55.4 Å². The second kappa shape index (κ2) is 9.33. The highest BCUT2D eigenvalue weighted by Crippen LogP contribution is 2.74. The highest BCUT2D eigenvalue weighted by atomic mass is 28.4. The van der Waals surface area contributed by atoms with Crippen LogP contribution in [0, 0.1) is 22.7 Å². The Morgan fingerprint density at radius 1 is 1.09 bits per heavy atom. The van der Waals surface area contributed by atoms with Gasteiger partial charge in [0.1, 0.15) is 11.2 Å². The number of ketones is 1. The minimum atomic E-state index is -2.17. The molecule has 190 valence electrons. The van der Waals surface area contributed by atoms with E-state index in [1.807, 2.05) is 18.2 Å². The molecule has 34 heavy (non-hydrogen) atoms. The zero-order valence-electron chi connectivity index (χ0n) is 22.8. The van der Waals surface area contributed by atoms with Crippen LogP contribution in [-0.4, -0.2) is 33.8 Å². The summed E-state index contributed by atoms with van der Waals surface area (Å²) in [5.74, 6) is 1.12. The number of fused-ring (bicyclic) bond motifs is 1. The van der Waals surface area contributed by atoms with E-state index in [1.54, 1.807) is 14.0 Å². The van der Waals surface area contributed by atoms with Crippen molar-refractivity contribution in [1.29, 1.82) is 0 Å². The predicted octanol–water partition coefficient (Wildman–Crippen LogP) is 6.59. The summed E-state index contributed by atoms with van der Waals surface area (Å²) < 4.78 is 18.3. The molecule has 0 N–H and O–H groups in total. The van der Waals surface area contributed by atoms with Crippen LogP contribution < -0.4 is 9.16 Å². The molecule has 6 heteroatoms. The summed E-state index contributed by atoms with van der Waals surface area (Å²) in [6.45, 7) is 19.9. The lowest BCUT2D eigenvalue weighted by Gasteiger charge is -2.42. The lowest BCUT2D eigenvalue weighted by atomic mass is 9.83. The molecule has 0 amide bonds. The molecule has 0 spiro atoms. The van der Waals surface area contributed by atoms with Gasteiger partial charge >= 0.3 is 5.97 Å². The fourth-order valence-corrected chi connectivity index (χ4v) is 12.7. The van der Waals surface area contributed by atoms with Crippen LogP contribution >= 0.6 is 0 Å². The van der Waals surface area contributed by atoms with Gasteiger partial charge in [0.2, 0.25) is 0 Å². The number of benzene rings is 1. The number of rotatable bonds is 10. The van der Waals surface area contributed by atoms with Crippen molar-refractivity contribution < 1.29 is 23.5 Å². The van der Waals surface area contributed by atoms with Crippen LogP contribution in [0.3, 0.4) is 0 Å². The molecule has 0 saturated heterocycles. The first-order valence-electron chi connectivity index (χ1n) is 12.9. The zero-order chi connectivity index (χ0) is 25.6. The van der Waals surface area contributed by atoms with Crippen LogP contribution in [0.2, 0.25) is 16.6 Å². The molecule has 3 atom stereocenters. The third-order valence-corrected chi connectivity index (χ3v) is 14.6. The monoisotopic (exact) mass is 488 g/mol. The van der Waals surface area contributed by atoms with Crippen molar-refractivity contribution in [3.63, 3.8) is 0 Å². The van der Waals surface area contributed by atoms with Crippen molar-refractivity contribution in [2.24, 2.45) is 22.7 Å². The second-order valence-electron chi connectivity index (χ2n) is 11.8. The van der Waals surface area contributed by atoms with Crippen LogP contribution in [0.25, 0.3) is 0 Å². The van der Waals surface area contributed by atoms with Crippen molar-refractivity contribution in [3.05, 3.63) is 23.8 Å². The predicted molar refractivity (Wildman–Crippen MR) is 138 cm³/mol. The summed E-state index contributed by atoms with van der Waals surface area (Å²) in [5.41, 5.74) is 1.08. The molecule has 0 unspecified atom stereocenters. The molecule has 0 heterocycles. The first-order valence-corrected chi connectivity index (χ1v) is 15.0. The molecule has 2 fully saturated rings. The molecule has 1 aromatic rings.